The molecule has 1 aromatic rings. The number of unbranched alkanes of at least 4 members (excludes halogenated alkanes) is 3. The Morgan fingerprint density at radius 2 is 1.95 bits per heavy atom. The van der Waals surface area contributed by atoms with Crippen molar-refractivity contribution in [2.75, 3.05) is 14.2 Å². The van der Waals surface area contributed by atoms with Crippen LogP contribution >= 0.6 is 0 Å². The molecule has 21 heavy (non-hydrogen) atoms. The fourth-order valence-electron chi connectivity index (χ4n) is 2.18. The Labute approximate surface area is 128 Å². The van der Waals surface area contributed by atoms with Crippen molar-refractivity contribution >= 4 is 5.91 Å². The number of hydrogen-bond acceptors (Lipinski definition) is 2. The van der Waals surface area contributed by atoms with E-state index in [4.69, 9.17) is 11.2 Å². The van der Waals surface area contributed by atoms with Crippen LogP contribution in [0.15, 0.2) is 24.3 Å². The van der Waals surface area contributed by atoms with Gasteiger partial charge in [0.1, 0.15) is 5.75 Å². The molecule has 0 aliphatic heterocycles. The summed E-state index contributed by atoms with van der Waals surface area (Å²) < 4.78 is 5.15. The van der Waals surface area contributed by atoms with Crippen LogP contribution in [0.2, 0.25) is 0 Å². The minimum Gasteiger partial charge on any atom is -0.497 e. The first-order chi connectivity index (χ1) is 10.1. The van der Waals surface area contributed by atoms with E-state index < -0.39 is 0 Å². The van der Waals surface area contributed by atoms with E-state index in [9.17, 15) is 4.79 Å². The summed E-state index contributed by atoms with van der Waals surface area (Å²) in [7, 11) is 3.51. The summed E-state index contributed by atoms with van der Waals surface area (Å²) in [6.07, 6.45) is 9.51. The first-order valence-corrected chi connectivity index (χ1v) is 7.43. The monoisotopic (exact) mass is 287 g/mol. The van der Waals surface area contributed by atoms with Gasteiger partial charge in [-0.3, -0.25) is 4.79 Å². The van der Waals surface area contributed by atoms with Gasteiger partial charge in [0, 0.05) is 19.9 Å². The molecular weight excluding hydrogens is 262 g/mol. The molecule has 0 aromatic heterocycles. The van der Waals surface area contributed by atoms with Gasteiger partial charge in [-0.2, -0.15) is 0 Å². The Morgan fingerprint density at radius 1 is 1.29 bits per heavy atom. The number of carbonyl (C=O) groups is 1. The number of hydrogen-bond donors (Lipinski definition) is 0. The molecule has 0 aliphatic rings. The minimum atomic E-state index is 0.0640. The molecule has 0 fully saturated rings. The smallest absolute Gasteiger partial charge is 0.222 e. The largest absolute Gasteiger partial charge is 0.497 e. The van der Waals surface area contributed by atoms with E-state index in [-0.39, 0.29) is 11.9 Å². The molecule has 1 rings (SSSR count). The maximum absolute atomic E-state index is 12.2. The molecule has 0 unspecified atom stereocenters. The van der Waals surface area contributed by atoms with Gasteiger partial charge < -0.3 is 9.64 Å². The van der Waals surface area contributed by atoms with Crippen molar-refractivity contribution in [3.8, 4) is 18.1 Å². The number of benzene rings is 1. The van der Waals surface area contributed by atoms with E-state index in [2.05, 4.69) is 5.92 Å². The van der Waals surface area contributed by atoms with Gasteiger partial charge >= 0.3 is 0 Å². The van der Waals surface area contributed by atoms with Crippen LogP contribution in [0.5, 0.6) is 5.75 Å². The fourth-order valence-corrected chi connectivity index (χ4v) is 2.18. The maximum atomic E-state index is 12.2. The second-order valence-electron chi connectivity index (χ2n) is 5.22. The zero-order valence-corrected chi connectivity index (χ0v) is 13.3. The average molecular weight is 287 g/mol. The zero-order chi connectivity index (χ0) is 15.7. The molecule has 114 valence electrons. The third-order valence-corrected chi connectivity index (χ3v) is 3.78. The SMILES string of the molecule is C#CCCCCCC(=O)N(C)[C@@H](C)c1ccc(OC)cc1. The zero-order valence-electron chi connectivity index (χ0n) is 13.3. The lowest BCUT2D eigenvalue weighted by atomic mass is 10.1. The van der Waals surface area contributed by atoms with Gasteiger partial charge in [0.15, 0.2) is 0 Å². The molecule has 3 heteroatoms. The molecule has 0 heterocycles. The minimum absolute atomic E-state index is 0.0640. The van der Waals surface area contributed by atoms with Gasteiger partial charge in [0.2, 0.25) is 5.91 Å². The topological polar surface area (TPSA) is 29.5 Å². The Hall–Kier alpha value is -1.95. The van der Waals surface area contributed by atoms with Crippen LogP contribution in [0.3, 0.4) is 0 Å². The van der Waals surface area contributed by atoms with Crippen LogP contribution < -0.4 is 4.74 Å². The summed E-state index contributed by atoms with van der Waals surface area (Å²) in [6.45, 7) is 2.04. The molecule has 0 aliphatic carbocycles. The van der Waals surface area contributed by atoms with Gasteiger partial charge in [-0.05, 0) is 37.5 Å². The molecule has 1 aromatic carbocycles. The van der Waals surface area contributed by atoms with Gasteiger partial charge in [-0.1, -0.05) is 18.6 Å². The highest BCUT2D eigenvalue weighted by atomic mass is 16.5. The van der Waals surface area contributed by atoms with Crippen molar-refractivity contribution in [2.24, 2.45) is 0 Å². The van der Waals surface area contributed by atoms with Gasteiger partial charge in [-0.25, -0.2) is 0 Å². The van der Waals surface area contributed by atoms with Gasteiger partial charge in [0.05, 0.1) is 13.2 Å². The molecule has 3 nitrogen and oxygen atoms in total. The molecule has 0 radical (unpaired) electrons. The van der Waals surface area contributed by atoms with E-state index in [1.54, 1.807) is 7.11 Å². The molecule has 0 bridgehead atoms. The van der Waals surface area contributed by atoms with Crippen molar-refractivity contribution in [1.82, 2.24) is 4.90 Å². The summed E-state index contributed by atoms with van der Waals surface area (Å²) in [5.41, 5.74) is 1.11. The van der Waals surface area contributed by atoms with Crippen molar-refractivity contribution in [1.29, 1.82) is 0 Å². The number of nitrogens with zero attached hydrogens (tertiary/aromatic N) is 1. The lowest BCUT2D eigenvalue weighted by molar-refractivity contribution is -0.131. The van der Waals surface area contributed by atoms with Crippen LogP contribution in [0.4, 0.5) is 0 Å². The number of rotatable bonds is 8. The first-order valence-electron chi connectivity index (χ1n) is 7.43. The summed E-state index contributed by atoms with van der Waals surface area (Å²) in [5.74, 6) is 3.63. The first kappa shape index (κ1) is 17.1. The van der Waals surface area contributed by atoms with Crippen molar-refractivity contribution in [3.63, 3.8) is 0 Å². The van der Waals surface area contributed by atoms with E-state index in [1.807, 2.05) is 43.1 Å². The van der Waals surface area contributed by atoms with Crippen LogP contribution in [0, 0.1) is 12.3 Å². The second-order valence-corrected chi connectivity index (χ2v) is 5.22. The third kappa shape index (κ3) is 5.51. The summed E-state index contributed by atoms with van der Waals surface area (Å²) in [5, 5.41) is 0. The average Bonchev–Trinajstić information content (AvgIpc) is 2.53. The number of carbonyl (C=O) groups excluding carboxylic acids is 1. The number of methoxy groups -OCH3 is 1. The van der Waals surface area contributed by atoms with E-state index in [1.165, 1.54) is 0 Å². The maximum Gasteiger partial charge on any atom is 0.222 e. The Morgan fingerprint density at radius 3 is 2.52 bits per heavy atom. The molecule has 0 N–H and O–H groups in total. The highest BCUT2D eigenvalue weighted by Gasteiger charge is 2.16. The predicted octanol–water partition coefficient (Wildman–Crippen LogP) is 3.80. The van der Waals surface area contributed by atoms with Gasteiger partial charge in [-0.15, -0.1) is 12.3 Å². The van der Waals surface area contributed by atoms with Gasteiger partial charge in [0.25, 0.3) is 0 Å². The summed E-state index contributed by atoms with van der Waals surface area (Å²) in [4.78, 5) is 14.0. The summed E-state index contributed by atoms with van der Waals surface area (Å²) >= 11 is 0. The van der Waals surface area contributed by atoms with Crippen LogP contribution in [0.1, 0.15) is 50.6 Å². The fraction of sp³-hybridized carbons (Fsp3) is 0.500. The molecule has 1 atom stereocenters. The van der Waals surface area contributed by atoms with Crippen LogP contribution in [-0.2, 0) is 4.79 Å². The molecule has 0 saturated heterocycles. The third-order valence-electron chi connectivity index (χ3n) is 3.78. The van der Waals surface area contributed by atoms with Crippen molar-refractivity contribution < 1.29 is 9.53 Å². The Bertz CT molecular complexity index is 473. The molecular formula is C18H25NO2. The molecule has 0 saturated carbocycles. The standard InChI is InChI=1S/C18H25NO2/c1-5-6-7-8-9-10-18(20)19(3)15(2)16-11-13-17(21-4)14-12-16/h1,11-15H,6-10H2,2-4H3/t15-/m0/s1. The van der Waals surface area contributed by atoms with E-state index >= 15 is 0 Å². The molecule has 0 spiro atoms. The number of amides is 1. The lowest BCUT2D eigenvalue weighted by Gasteiger charge is -2.25. The van der Waals surface area contributed by atoms with Crippen molar-refractivity contribution in [2.45, 2.75) is 45.1 Å². The van der Waals surface area contributed by atoms with E-state index in [0.29, 0.717) is 6.42 Å². The van der Waals surface area contributed by atoms with Crippen LogP contribution in [-0.4, -0.2) is 25.0 Å². The quantitative estimate of drug-likeness (QED) is 0.537. The Balaban J connectivity index is 2.46. The second kappa shape index (κ2) is 9.07. The Kier molecular flexibility index (Phi) is 7.39. The predicted molar refractivity (Wildman–Crippen MR) is 86.1 cm³/mol. The van der Waals surface area contributed by atoms with E-state index in [0.717, 1.165) is 37.0 Å². The molecule has 1 amide bonds. The highest BCUT2D eigenvalue weighted by molar-refractivity contribution is 5.76. The summed E-state index contributed by atoms with van der Waals surface area (Å²) in [6, 6.07) is 7.91. The van der Waals surface area contributed by atoms with Crippen LogP contribution in [0.25, 0.3) is 0 Å². The lowest BCUT2D eigenvalue weighted by Crippen LogP contribution is -2.29. The number of terminal acetylenes is 1. The van der Waals surface area contributed by atoms with Crippen molar-refractivity contribution in [3.05, 3.63) is 29.8 Å². The normalized spacial score (nSPS) is 11.5. The number of ether oxygens (including phenoxy) is 1. The highest BCUT2D eigenvalue weighted by Crippen LogP contribution is 2.22.